The molecule has 0 radical (unpaired) electrons. The number of nitrogens with two attached hydrogens (primary N) is 1. The zero-order valence-electron chi connectivity index (χ0n) is 7.05. The van der Waals surface area contributed by atoms with E-state index in [9.17, 15) is 0 Å². The Hall–Kier alpha value is -1.19. The lowest BCUT2D eigenvalue weighted by Gasteiger charge is -2.08. The van der Waals surface area contributed by atoms with Gasteiger partial charge >= 0.3 is 0 Å². The number of hydrogen-bond donors (Lipinski definition) is 1. The van der Waals surface area contributed by atoms with E-state index in [1.807, 2.05) is 29.8 Å². The monoisotopic (exact) mass is 190 g/mol. The Balaban J connectivity index is 2.29. The van der Waals surface area contributed by atoms with Gasteiger partial charge in [0, 0.05) is 12.4 Å². The molecule has 0 aliphatic heterocycles. The molecule has 0 aliphatic carbocycles. The molecule has 0 spiro atoms. The number of hydrogen-bond acceptors (Lipinski definition) is 3. The zero-order valence-corrected chi connectivity index (χ0v) is 7.87. The summed E-state index contributed by atoms with van der Waals surface area (Å²) >= 11 is 1.66. The fourth-order valence-corrected chi connectivity index (χ4v) is 1.90. The minimum atomic E-state index is -0.0417. The Kier molecular flexibility index (Phi) is 2.38. The third-order valence-corrected chi connectivity index (χ3v) is 2.65. The summed E-state index contributed by atoms with van der Waals surface area (Å²) in [6.45, 7) is 0. The molecule has 13 heavy (non-hydrogen) atoms. The van der Waals surface area contributed by atoms with Crippen LogP contribution in [-0.2, 0) is 0 Å². The average molecular weight is 190 g/mol. The normalized spacial score (nSPS) is 12.7. The standard InChI is InChI=1S/C10H10N2S/c11-10(9-3-5-13-7-9)8-2-1-4-12-6-8/h1-7,10H,11H2/t10-/m0/s1. The van der Waals surface area contributed by atoms with Crippen molar-refractivity contribution in [3.8, 4) is 0 Å². The molecule has 0 amide bonds. The van der Waals surface area contributed by atoms with E-state index in [1.54, 1.807) is 17.5 Å². The maximum Gasteiger partial charge on any atom is 0.0575 e. The van der Waals surface area contributed by atoms with Gasteiger partial charge in [0.2, 0.25) is 0 Å². The van der Waals surface area contributed by atoms with Gasteiger partial charge in [-0.3, -0.25) is 4.98 Å². The highest BCUT2D eigenvalue weighted by Gasteiger charge is 2.07. The summed E-state index contributed by atoms with van der Waals surface area (Å²) < 4.78 is 0. The van der Waals surface area contributed by atoms with Crippen LogP contribution in [0.15, 0.2) is 41.4 Å². The van der Waals surface area contributed by atoms with Crippen molar-refractivity contribution in [2.24, 2.45) is 5.73 Å². The summed E-state index contributed by atoms with van der Waals surface area (Å²) in [7, 11) is 0. The molecule has 2 heterocycles. The molecule has 0 saturated heterocycles. The topological polar surface area (TPSA) is 38.9 Å². The lowest BCUT2D eigenvalue weighted by Crippen LogP contribution is -2.10. The van der Waals surface area contributed by atoms with Crippen molar-refractivity contribution in [2.45, 2.75) is 6.04 Å². The molecule has 2 nitrogen and oxygen atoms in total. The van der Waals surface area contributed by atoms with Gasteiger partial charge in [-0.25, -0.2) is 0 Å². The highest BCUT2D eigenvalue weighted by Crippen LogP contribution is 2.20. The van der Waals surface area contributed by atoms with Crippen LogP contribution < -0.4 is 5.73 Å². The molecule has 66 valence electrons. The molecule has 0 bridgehead atoms. The first-order valence-electron chi connectivity index (χ1n) is 4.05. The van der Waals surface area contributed by atoms with Crippen LogP contribution in [-0.4, -0.2) is 4.98 Å². The largest absolute Gasteiger partial charge is 0.320 e. The Morgan fingerprint density at radius 1 is 1.31 bits per heavy atom. The summed E-state index contributed by atoms with van der Waals surface area (Å²) in [5.74, 6) is 0. The third kappa shape index (κ3) is 1.76. The van der Waals surface area contributed by atoms with Crippen LogP contribution in [0.5, 0.6) is 0 Å². The molecule has 0 saturated carbocycles. The molecule has 2 rings (SSSR count). The Bertz CT molecular complexity index is 356. The summed E-state index contributed by atoms with van der Waals surface area (Å²) in [6, 6.07) is 5.90. The van der Waals surface area contributed by atoms with Gasteiger partial charge in [-0.05, 0) is 34.0 Å². The number of pyridine rings is 1. The fourth-order valence-electron chi connectivity index (χ4n) is 1.20. The van der Waals surface area contributed by atoms with Crippen LogP contribution in [0.25, 0.3) is 0 Å². The van der Waals surface area contributed by atoms with Crippen molar-refractivity contribution < 1.29 is 0 Å². The Labute approximate surface area is 81.1 Å². The molecule has 3 heteroatoms. The number of aromatic nitrogens is 1. The van der Waals surface area contributed by atoms with E-state index in [4.69, 9.17) is 5.73 Å². The molecular weight excluding hydrogens is 180 g/mol. The van der Waals surface area contributed by atoms with E-state index in [0.717, 1.165) is 11.1 Å². The second-order valence-corrected chi connectivity index (χ2v) is 3.60. The van der Waals surface area contributed by atoms with Gasteiger partial charge in [0.05, 0.1) is 6.04 Å². The fraction of sp³-hybridized carbons (Fsp3) is 0.100. The van der Waals surface area contributed by atoms with E-state index in [1.165, 1.54) is 0 Å². The second-order valence-electron chi connectivity index (χ2n) is 2.82. The van der Waals surface area contributed by atoms with Crippen LogP contribution in [0.2, 0.25) is 0 Å². The second kappa shape index (κ2) is 3.68. The van der Waals surface area contributed by atoms with Crippen molar-refractivity contribution in [3.63, 3.8) is 0 Å². The minimum Gasteiger partial charge on any atom is -0.320 e. The lowest BCUT2D eigenvalue weighted by molar-refractivity contribution is 0.868. The van der Waals surface area contributed by atoms with Crippen LogP contribution in [0.4, 0.5) is 0 Å². The molecule has 0 aromatic carbocycles. The smallest absolute Gasteiger partial charge is 0.0575 e. The maximum atomic E-state index is 6.03. The average Bonchev–Trinajstić information content (AvgIpc) is 2.71. The van der Waals surface area contributed by atoms with E-state index in [0.29, 0.717) is 0 Å². The predicted octanol–water partition coefficient (Wildman–Crippen LogP) is 2.19. The molecule has 0 unspecified atom stereocenters. The lowest BCUT2D eigenvalue weighted by atomic mass is 10.1. The minimum absolute atomic E-state index is 0.0417. The van der Waals surface area contributed by atoms with E-state index < -0.39 is 0 Å². The Morgan fingerprint density at radius 2 is 2.23 bits per heavy atom. The first kappa shape index (κ1) is 8.41. The highest BCUT2D eigenvalue weighted by atomic mass is 32.1. The molecule has 2 aromatic rings. The quantitative estimate of drug-likeness (QED) is 0.788. The van der Waals surface area contributed by atoms with Gasteiger partial charge in [-0.2, -0.15) is 11.3 Å². The van der Waals surface area contributed by atoms with Crippen molar-refractivity contribution in [2.75, 3.05) is 0 Å². The highest BCUT2D eigenvalue weighted by molar-refractivity contribution is 7.07. The molecular formula is C10H10N2S. The summed E-state index contributed by atoms with van der Waals surface area (Å²) in [6.07, 6.45) is 3.56. The van der Waals surface area contributed by atoms with Gasteiger partial charge in [-0.15, -0.1) is 0 Å². The molecule has 2 aromatic heterocycles. The SMILES string of the molecule is N[C@@H](c1cccnc1)c1ccsc1. The molecule has 0 fully saturated rings. The number of rotatable bonds is 2. The third-order valence-electron chi connectivity index (χ3n) is 1.95. The summed E-state index contributed by atoms with van der Waals surface area (Å²) in [4.78, 5) is 4.04. The first-order valence-corrected chi connectivity index (χ1v) is 5.00. The molecule has 2 N–H and O–H groups in total. The molecule has 0 aliphatic rings. The van der Waals surface area contributed by atoms with Crippen molar-refractivity contribution >= 4 is 11.3 Å². The van der Waals surface area contributed by atoms with Crippen LogP contribution in [0.3, 0.4) is 0 Å². The van der Waals surface area contributed by atoms with Gasteiger partial charge in [-0.1, -0.05) is 6.07 Å². The van der Waals surface area contributed by atoms with E-state index >= 15 is 0 Å². The van der Waals surface area contributed by atoms with Crippen LogP contribution in [0, 0.1) is 0 Å². The van der Waals surface area contributed by atoms with Crippen LogP contribution >= 0.6 is 11.3 Å². The number of thiophene rings is 1. The Morgan fingerprint density at radius 3 is 2.85 bits per heavy atom. The number of nitrogens with zero attached hydrogens (tertiary/aromatic N) is 1. The van der Waals surface area contributed by atoms with Gasteiger partial charge in [0.25, 0.3) is 0 Å². The van der Waals surface area contributed by atoms with E-state index in [-0.39, 0.29) is 6.04 Å². The van der Waals surface area contributed by atoms with Crippen molar-refractivity contribution in [1.29, 1.82) is 0 Å². The predicted molar refractivity (Wildman–Crippen MR) is 54.6 cm³/mol. The van der Waals surface area contributed by atoms with Crippen molar-refractivity contribution in [1.82, 2.24) is 4.98 Å². The maximum absolute atomic E-state index is 6.03. The summed E-state index contributed by atoms with van der Waals surface area (Å²) in [5, 5.41) is 4.10. The zero-order chi connectivity index (χ0) is 9.10. The van der Waals surface area contributed by atoms with Gasteiger partial charge in [0.15, 0.2) is 0 Å². The van der Waals surface area contributed by atoms with Crippen LogP contribution in [0.1, 0.15) is 17.2 Å². The van der Waals surface area contributed by atoms with Gasteiger partial charge in [0.1, 0.15) is 0 Å². The first-order chi connectivity index (χ1) is 6.38. The van der Waals surface area contributed by atoms with Crippen molar-refractivity contribution in [3.05, 3.63) is 52.5 Å². The summed E-state index contributed by atoms with van der Waals surface area (Å²) in [5.41, 5.74) is 8.23. The molecule has 1 atom stereocenters. The van der Waals surface area contributed by atoms with E-state index in [2.05, 4.69) is 10.4 Å². The van der Waals surface area contributed by atoms with Gasteiger partial charge < -0.3 is 5.73 Å².